The van der Waals surface area contributed by atoms with Crippen LogP contribution in [0, 0.1) is 0 Å². The number of ether oxygens (including phenoxy) is 3. The van der Waals surface area contributed by atoms with Crippen molar-refractivity contribution in [2.24, 2.45) is 0 Å². The van der Waals surface area contributed by atoms with Gasteiger partial charge in [-0.25, -0.2) is 15.0 Å². The van der Waals surface area contributed by atoms with Gasteiger partial charge in [-0.15, -0.1) is 0 Å². The standard InChI is InChI=1S/3C43H28N2O/c1-2-39-44-36-18-10-20-38-43(36)45(39)42-35(17-9-19-37(42)46-38)41-33-15-7-5-13-31(33)40(32-14-6-8-16-34(32)41)28-23-24-30-27(25-28)22-21-26-11-3-4-12-29(26)30;1-2-39-44-36-18-10-20-38-43(36)45(39)42-34(17-9-19-37(42)46-38)41-32-15-7-5-13-30(32)40(31-14-6-8-16-33(31)41)28-24-23-27-22-21-26-11-3-4-12-29(26)35(27)25-28;1-2-39-44-36-22-12-24-38-43(36)45(39)42-34(21-11-23-37(42)46-38)40-30-17-7-9-19-32(30)41(33-20-10-8-18-31(33)40)35-25-26-13-3-4-14-27(26)28-15-5-6-16-29(28)35/h3*3-25H,2H2,1H3. The fraction of sp³-hybridized carbons (Fsp3) is 0.0465. The molecule has 30 rings (SSSR count). The van der Waals surface area contributed by atoms with Crippen molar-refractivity contribution in [3.63, 3.8) is 0 Å². The van der Waals surface area contributed by atoms with Gasteiger partial charge in [-0.2, -0.15) is 0 Å². The summed E-state index contributed by atoms with van der Waals surface area (Å²) in [6.45, 7) is 6.53. The Labute approximate surface area is 794 Å². The predicted octanol–water partition coefficient (Wildman–Crippen LogP) is 34.9. The third kappa shape index (κ3) is 11.8. The molecule has 138 heavy (non-hydrogen) atoms. The highest BCUT2D eigenvalue weighted by atomic mass is 16.5. The summed E-state index contributed by atoms with van der Waals surface area (Å²) in [7, 11) is 0. The lowest BCUT2D eigenvalue weighted by Gasteiger charge is -2.25. The highest BCUT2D eigenvalue weighted by Gasteiger charge is 2.34. The average Bonchev–Trinajstić information content (AvgIpc) is 1.29. The van der Waals surface area contributed by atoms with Crippen LogP contribution in [0.25, 0.3) is 246 Å². The summed E-state index contributed by atoms with van der Waals surface area (Å²) in [4.78, 5) is 15.1. The Hall–Kier alpha value is -17.8. The monoisotopic (exact) mass is 1760 g/mol. The van der Waals surface area contributed by atoms with Gasteiger partial charge in [0, 0.05) is 36.0 Å². The van der Waals surface area contributed by atoms with Gasteiger partial charge in [0.25, 0.3) is 0 Å². The van der Waals surface area contributed by atoms with Crippen molar-refractivity contribution in [2.75, 3.05) is 0 Å². The molecular formula is C129H84N6O3. The van der Waals surface area contributed by atoms with Crippen LogP contribution in [0.2, 0.25) is 0 Å². The predicted molar refractivity (Wildman–Crippen MR) is 574 cm³/mol. The summed E-state index contributed by atoms with van der Waals surface area (Å²) in [5, 5.41) is 29.9. The lowest BCUT2D eigenvalue weighted by atomic mass is 9.83. The van der Waals surface area contributed by atoms with Crippen molar-refractivity contribution < 1.29 is 14.2 Å². The Morgan fingerprint density at radius 2 is 0.435 bits per heavy atom. The Kier molecular flexibility index (Phi) is 17.8. The number of para-hydroxylation sites is 6. The summed E-state index contributed by atoms with van der Waals surface area (Å²) in [6, 6.07) is 151. The van der Waals surface area contributed by atoms with Gasteiger partial charge in [-0.1, -0.05) is 367 Å². The van der Waals surface area contributed by atoms with E-state index in [1.54, 1.807) is 0 Å². The van der Waals surface area contributed by atoms with Gasteiger partial charge in [0.2, 0.25) is 0 Å². The molecular weight excluding hydrogens is 1680 g/mol. The van der Waals surface area contributed by atoms with Crippen LogP contribution in [0.4, 0.5) is 0 Å². The molecule has 3 aliphatic rings. The molecule has 9 nitrogen and oxygen atoms in total. The molecule has 0 aliphatic carbocycles. The molecule has 0 bridgehead atoms. The Bertz CT molecular complexity index is 9760. The van der Waals surface area contributed by atoms with Crippen LogP contribution in [0.5, 0.6) is 34.5 Å². The van der Waals surface area contributed by atoms with Crippen LogP contribution < -0.4 is 14.2 Å². The lowest BCUT2D eigenvalue weighted by Crippen LogP contribution is -2.09. The maximum atomic E-state index is 6.61. The zero-order chi connectivity index (χ0) is 91.1. The first kappa shape index (κ1) is 78.8. The van der Waals surface area contributed by atoms with Crippen LogP contribution in [0.3, 0.4) is 0 Å². The van der Waals surface area contributed by atoms with Crippen LogP contribution in [-0.2, 0) is 19.3 Å². The van der Waals surface area contributed by atoms with Gasteiger partial charge < -0.3 is 14.2 Å². The topological polar surface area (TPSA) is 81.1 Å². The molecule has 0 N–H and O–H groups in total. The minimum absolute atomic E-state index is 0.817. The molecule has 0 unspecified atom stereocenters. The molecule has 24 aromatic carbocycles. The SMILES string of the molecule is CCc1nc2cccc3c2n1-c1c(cccc1-c1c2ccccc2c(-c2cc4ccccc4c4ccccc24)c2ccccc12)O3.CCc1nc2cccc3c2n1-c1c(cccc1-c1c2ccccc2c(-c2ccc4c(ccc5ccccc54)c2)c2ccccc12)O3.CCc1nc2cccc3c2n1-c1c(cccc1-c1c2ccccc2c(-c2ccc4ccc5ccccc5c4c2)c2ccccc12)O3. The summed E-state index contributed by atoms with van der Waals surface area (Å²) in [5.74, 6) is 8.21. The Morgan fingerprint density at radius 3 is 0.812 bits per heavy atom. The van der Waals surface area contributed by atoms with Gasteiger partial charge in [0.05, 0.1) is 33.6 Å². The van der Waals surface area contributed by atoms with Gasteiger partial charge >= 0.3 is 0 Å². The minimum Gasteiger partial charge on any atom is -0.453 e. The second-order valence-corrected chi connectivity index (χ2v) is 36.4. The molecule has 27 aromatic rings. The molecule has 6 heterocycles. The van der Waals surface area contributed by atoms with Crippen LogP contribution in [0.1, 0.15) is 38.2 Å². The van der Waals surface area contributed by atoms with E-state index in [1.165, 1.54) is 179 Å². The molecule has 0 atom stereocenters. The van der Waals surface area contributed by atoms with Gasteiger partial charge in [-0.05, 0) is 252 Å². The molecule has 0 spiro atoms. The molecule has 9 heteroatoms. The maximum Gasteiger partial charge on any atom is 0.153 e. The molecule has 0 saturated heterocycles. The Balaban J connectivity index is 0.000000102. The first-order chi connectivity index (χ1) is 68.4. The number of hydrogen-bond acceptors (Lipinski definition) is 6. The van der Waals surface area contributed by atoms with Crippen molar-refractivity contribution in [1.82, 2.24) is 28.7 Å². The number of benzene rings is 24. The molecule has 648 valence electrons. The number of hydrogen-bond donors (Lipinski definition) is 0. The number of rotatable bonds is 9. The zero-order valence-electron chi connectivity index (χ0n) is 75.9. The summed E-state index contributed by atoms with van der Waals surface area (Å²) >= 11 is 0. The van der Waals surface area contributed by atoms with E-state index in [4.69, 9.17) is 29.2 Å². The summed E-state index contributed by atoms with van der Waals surface area (Å²) in [6.07, 6.45) is 2.45. The molecule has 3 aromatic heterocycles. The highest BCUT2D eigenvalue weighted by Crippen LogP contribution is 2.57. The molecule has 3 aliphatic heterocycles. The molecule has 0 saturated carbocycles. The lowest BCUT2D eigenvalue weighted by molar-refractivity contribution is 0.474. The fourth-order valence-corrected chi connectivity index (χ4v) is 23.3. The van der Waals surface area contributed by atoms with Crippen molar-refractivity contribution in [1.29, 1.82) is 0 Å². The van der Waals surface area contributed by atoms with Crippen molar-refractivity contribution in [2.45, 2.75) is 40.0 Å². The number of nitrogens with zero attached hydrogens (tertiary/aromatic N) is 6. The summed E-state index contributed by atoms with van der Waals surface area (Å²) < 4.78 is 26.8. The van der Waals surface area contributed by atoms with E-state index in [2.05, 4.69) is 417 Å². The van der Waals surface area contributed by atoms with E-state index >= 15 is 0 Å². The minimum atomic E-state index is 0.817. The van der Waals surface area contributed by atoms with E-state index in [0.29, 0.717) is 0 Å². The van der Waals surface area contributed by atoms with Gasteiger partial charge in [0.15, 0.2) is 34.5 Å². The second kappa shape index (κ2) is 31.2. The van der Waals surface area contributed by atoms with Crippen molar-refractivity contribution in [3.8, 4) is 118 Å². The van der Waals surface area contributed by atoms with Crippen molar-refractivity contribution >= 4 is 162 Å². The van der Waals surface area contributed by atoms with E-state index in [1.807, 2.05) is 36.4 Å². The van der Waals surface area contributed by atoms with Crippen molar-refractivity contribution in [3.05, 3.63) is 436 Å². The third-order valence-electron chi connectivity index (χ3n) is 29.1. The van der Waals surface area contributed by atoms with Crippen LogP contribution in [0.15, 0.2) is 419 Å². The number of aryl methyl sites for hydroxylation is 3. The van der Waals surface area contributed by atoms with E-state index in [9.17, 15) is 0 Å². The third-order valence-corrected chi connectivity index (χ3v) is 29.1. The Morgan fingerprint density at radius 1 is 0.181 bits per heavy atom. The second-order valence-electron chi connectivity index (χ2n) is 36.4. The fourth-order valence-electron chi connectivity index (χ4n) is 23.3. The zero-order valence-corrected chi connectivity index (χ0v) is 75.9. The smallest absolute Gasteiger partial charge is 0.153 e. The molecule has 0 amide bonds. The molecule has 0 fully saturated rings. The van der Waals surface area contributed by atoms with Crippen LogP contribution >= 0.6 is 0 Å². The number of imidazole rings is 3. The normalized spacial score (nSPS) is 12.3. The quantitative estimate of drug-likeness (QED) is 0.106. The van der Waals surface area contributed by atoms with Crippen LogP contribution in [-0.4, -0.2) is 28.7 Å². The van der Waals surface area contributed by atoms with E-state index < -0.39 is 0 Å². The van der Waals surface area contributed by atoms with E-state index in [-0.39, 0.29) is 0 Å². The largest absolute Gasteiger partial charge is 0.453 e. The first-order valence-corrected chi connectivity index (χ1v) is 47.9. The average molecular weight is 1770 g/mol. The highest BCUT2D eigenvalue weighted by molar-refractivity contribution is 6.29. The first-order valence-electron chi connectivity index (χ1n) is 47.9. The van der Waals surface area contributed by atoms with Gasteiger partial charge in [0.1, 0.15) is 34.0 Å². The van der Waals surface area contributed by atoms with E-state index in [0.717, 1.165) is 138 Å². The number of fused-ring (bicyclic) bond motifs is 21. The maximum absolute atomic E-state index is 6.61. The summed E-state index contributed by atoms with van der Waals surface area (Å²) in [5.41, 5.74) is 23.7. The molecule has 0 radical (unpaired) electrons. The van der Waals surface area contributed by atoms with Gasteiger partial charge in [-0.3, -0.25) is 13.7 Å². The number of aromatic nitrogens is 6.